The number of Topliss-reactive ketones (excluding diaryl/α,β-unsaturated/α-hetero) is 1. The molecule has 1 aliphatic rings. The van der Waals surface area contributed by atoms with Gasteiger partial charge in [-0.2, -0.15) is 0 Å². The molecule has 0 aromatic heterocycles. The van der Waals surface area contributed by atoms with Gasteiger partial charge in [0.05, 0.1) is 11.4 Å². The minimum atomic E-state index is -0.589. The third kappa shape index (κ3) is 2.31. The Morgan fingerprint density at radius 1 is 1.62 bits per heavy atom. The summed E-state index contributed by atoms with van der Waals surface area (Å²) in [5, 5.41) is 0. The number of carbonyl (C=O) groups excluding carboxylic acids is 2. The largest absolute Gasteiger partial charge is 0.465 e. The maximum atomic E-state index is 11.5. The van der Waals surface area contributed by atoms with Gasteiger partial charge in [-0.25, -0.2) is 0 Å². The number of ketones is 1. The Kier molecular flexibility index (Phi) is 3.91. The number of esters is 1. The normalized spacial score (nSPS) is 33.5. The molecule has 1 saturated carbocycles. The van der Waals surface area contributed by atoms with Gasteiger partial charge in [0.2, 0.25) is 0 Å². The van der Waals surface area contributed by atoms with Crippen LogP contribution in [-0.2, 0) is 14.3 Å². The first kappa shape index (κ1) is 11.2. The van der Waals surface area contributed by atoms with Crippen molar-refractivity contribution in [3.63, 3.8) is 0 Å². The van der Waals surface area contributed by atoms with Crippen molar-refractivity contribution in [3.05, 3.63) is 0 Å². The minimum absolute atomic E-state index is 0.0365. The molecule has 0 radical (unpaired) electrons. The van der Waals surface area contributed by atoms with Gasteiger partial charge in [-0.05, 0) is 13.3 Å². The number of ether oxygens (including phenoxy) is 1. The highest BCUT2D eigenvalue weighted by Gasteiger charge is 2.43. The monoisotopic (exact) mass is 312 g/mol. The van der Waals surface area contributed by atoms with Gasteiger partial charge in [0.15, 0.2) is 5.78 Å². The van der Waals surface area contributed by atoms with Crippen molar-refractivity contribution >= 4 is 43.6 Å². The molecule has 0 aromatic rings. The van der Waals surface area contributed by atoms with Crippen LogP contribution in [0.25, 0.3) is 0 Å². The Balaban J connectivity index is 2.63. The lowest BCUT2D eigenvalue weighted by Crippen LogP contribution is -2.24. The van der Waals surface area contributed by atoms with Crippen LogP contribution < -0.4 is 0 Å². The van der Waals surface area contributed by atoms with Crippen LogP contribution in [0.5, 0.6) is 0 Å². The highest BCUT2D eigenvalue weighted by molar-refractivity contribution is 9.12. The van der Waals surface area contributed by atoms with Crippen molar-refractivity contribution in [1.29, 1.82) is 0 Å². The summed E-state index contributed by atoms with van der Waals surface area (Å²) in [4.78, 5) is 22.5. The summed E-state index contributed by atoms with van der Waals surface area (Å²) in [5.41, 5.74) is 0. The van der Waals surface area contributed by atoms with Gasteiger partial charge < -0.3 is 4.74 Å². The van der Waals surface area contributed by atoms with E-state index in [1.807, 2.05) is 0 Å². The average Bonchev–Trinajstić information content (AvgIpc) is 2.33. The van der Waals surface area contributed by atoms with E-state index in [1.54, 1.807) is 6.92 Å². The van der Waals surface area contributed by atoms with Gasteiger partial charge in [-0.1, -0.05) is 31.9 Å². The molecule has 74 valence electrons. The van der Waals surface area contributed by atoms with Crippen LogP contribution in [-0.4, -0.2) is 28.0 Å². The molecule has 1 fully saturated rings. The Labute approximate surface area is 93.5 Å². The molecule has 0 bridgehead atoms. The second kappa shape index (κ2) is 4.55. The molecule has 0 aromatic carbocycles. The Hall–Kier alpha value is 0.1000. The standard InChI is InChI=1S/C8H10Br2O3/c1-2-13-8(12)4-3-5(9)6(10)7(4)11/h4-6H,2-3H2,1H3. The summed E-state index contributed by atoms with van der Waals surface area (Å²) in [6.45, 7) is 2.05. The van der Waals surface area contributed by atoms with E-state index in [4.69, 9.17) is 4.74 Å². The second-order valence-corrected chi connectivity index (χ2v) is 5.02. The molecule has 0 amide bonds. The first-order chi connectivity index (χ1) is 6.07. The van der Waals surface area contributed by atoms with Crippen LogP contribution in [0, 0.1) is 5.92 Å². The quantitative estimate of drug-likeness (QED) is 0.442. The van der Waals surface area contributed by atoms with Crippen LogP contribution in [0.4, 0.5) is 0 Å². The molecule has 0 N–H and O–H groups in total. The fourth-order valence-electron chi connectivity index (χ4n) is 1.29. The van der Waals surface area contributed by atoms with Crippen molar-refractivity contribution < 1.29 is 14.3 Å². The molecular formula is C8H10Br2O3. The topological polar surface area (TPSA) is 43.4 Å². The van der Waals surface area contributed by atoms with Gasteiger partial charge in [0.25, 0.3) is 0 Å². The van der Waals surface area contributed by atoms with E-state index in [2.05, 4.69) is 31.9 Å². The van der Waals surface area contributed by atoms with Crippen molar-refractivity contribution in [2.24, 2.45) is 5.92 Å². The van der Waals surface area contributed by atoms with Crippen molar-refractivity contribution in [1.82, 2.24) is 0 Å². The third-order valence-corrected chi connectivity index (χ3v) is 4.67. The Bertz CT molecular complexity index is 229. The third-order valence-electron chi connectivity index (χ3n) is 1.96. The van der Waals surface area contributed by atoms with E-state index >= 15 is 0 Å². The zero-order valence-electron chi connectivity index (χ0n) is 7.13. The highest BCUT2D eigenvalue weighted by Crippen LogP contribution is 2.33. The summed E-state index contributed by atoms with van der Waals surface area (Å²) in [7, 11) is 0. The van der Waals surface area contributed by atoms with Crippen LogP contribution in [0.1, 0.15) is 13.3 Å². The number of halogens is 2. The number of alkyl halides is 2. The van der Waals surface area contributed by atoms with E-state index in [0.29, 0.717) is 13.0 Å². The van der Waals surface area contributed by atoms with Crippen LogP contribution in [0.15, 0.2) is 0 Å². The molecule has 3 nitrogen and oxygen atoms in total. The molecule has 13 heavy (non-hydrogen) atoms. The summed E-state index contributed by atoms with van der Waals surface area (Å²) < 4.78 is 4.79. The van der Waals surface area contributed by atoms with E-state index in [-0.39, 0.29) is 15.4 Å². The van der Waals surface area contributed by atoms with Crippen LogP contribution in [0.3, 0.4) is 0 Å². The SMILES string of the molecule is CCOC(=O)C1CC(Br)C(Br)C1=O. The number of rotatable bonds is 2. The average molecular weight is 314 g/mol. The lowest BCUT2D eigenvalue weighted by molar-refractivity contribution is -0.150. The maximum Gasteiger partial charge on any atom is 0.316 e. The Morgan fingerprint density at radius 3 is 2.62 bits per heavy atom. The van der Waals surface area contributed by atoms with Gasteiger partial charge in [0.1, 0.15) is 5.92 Å². The molecule has 0 aliphatic heterocycles. The second-order valence-electron chi connectivity index (χ2n) is 2.86. The Morgan fingerprint density at radius 2 is 2.23 bits per heavy atom. The lowest BCUT2D eigenvalue weighted by atomic mass is 10.1. The van der Waals surface area contributed by atoms with E-state index in [0.717, 1.165) is 0 Å². The highest BCUT2D eigenvalue weighted by atomic mass is 79.9. The number of carbonyl (C=O) groups is 2. The summed E-state index contributed by atoms with van der Waals surface area (Å²) in [6, 6.07) is 0. The van der Waals surface area contributed by atoms with E-state index in [1.165, 1.54) is 0 Å². The first-order valence-corrected chi connectivity index (χ1v) is 5.89. The number of hydrogen-bond acceptors (Lipinski definition) is 3. The molecule has 1 aliphatic carbocycles. The first-order valence-electron chi connectivity index (χ1n) is 4.06. The predicted octanol–water partition coefficient (Wildman–Crippen LogP) is 1.67. The molecule has 0 saturated heterocycles. The van der Waals surface area contributed by atoms with Crippen molar-refractivity contribution in [2.75, 3.05) is 6.61 Å². The van der Waals surface area contributed by atoms with Gasteiger partial charge >= 0.3 is 5.97 Å². The molecular weight excluding hydrogens is 304 g/mol. The fourth-order valence-corrected chi connectivity index (χ4v) is 2.46. The lowest BCUT2D eigenvalue weighted by Gasteiger charge is -2.06. The smallest absolute Gasteiger partial charge is 0.316 e. The van der Waals surface area contributed by atoms with Gasteiger partial charge in [-0.15, -0.1) is 0 Å². The predicted molar refractivity (Wildman–Crippen MR) is 55.2 cm³/mol. The minimum Gasteiger partial charge on any atom is -0.465 e. The summed E-state index contributed by atoms with van der Waals surface area (Å²) in [5.74, 6) is -1.08. The van der Waals surface area contributed by atoms with E-state index in [9.17, 15) is 9.59 Å². The number of hydrogen-bond donors (Lipinski definition) is 0. The van der Waals surface area contributed by atoms with E-state index < -0.39 is 11.9 Å². The molecule has 0 spiro atoms. The molecule has 3 atom stereocenters. The van der Waals surface area contributed by atoms with Crippen LogP contribution >= 0.6 is 31.9 Å². The van der Waals surface area contributed by atoms with Crippen molar-refractivity contribution in [2.45, 2.75) is 23.0 Å². The van der Waals surface area contributed by atoms with Crippen molar-refractivity contribution in [3.8, 4) is 0 Å². The molecule has 5 heteroatoms. The molecule has 1 rings (SSSR count). The maximum absolute atomic E-state index is 11.5. The zero-order chi connectivity index (χ0) is 10.0. The summed E-state index contributed by atoms with van der Waals surface area (Å²) >= 11 is 6.55. The zero-order valence-corrected chi connectivity index (χ0v) is 10.3. The van der Waals surface area contributed by atoms with Crippen LogP contribution in [0.2, 0.25) is 0 Å². The summed E-state index contributed by atoms with van der Waals surface area (Å²) in [6.07, 6.45) is 0.521. The van der Waals surface area contributed by atoms with Gasteiger partial charge in [0, 0.05) is 4.83 Å². The fraction of sp³-hybridized carbons (Fsp3) is 0.750. The molecule has 3 unspecified atom stereocenters. The van der Waals surface area contributed by atoms with Gasteiger partial charge in [-0.3, -0.25) is 9.59 Å². The molecule has 0 heterocycles.